The molecule has 11 nitrogen and oxygen atoms in total. The predicted octanol–water partition coefficient (Wildman–Crippen LogP) is 2.20. The molecule has 3 aromatic rings. The van der Waals surface area contributed by atoms with Crippen molar-refractivity contribution in [3.8, 4) is 5.75 Å². The number of fused-ring (bicyclic) bond motifs is 2. The lowest BCUT2D eigenvalue weighted by atomic mass is 9.95. The standard InChI is InChI=1S/C27H29FN6O5/c1-3-32-9-11-33(12-10-32)21-8-7-18-17(29-21)13-20(39-18)27(25(36)30-26(37)31-27)15-34-14-16-5-6-19(38-4-2)23(28)22(16)24(34)35/h5-8,13H,3-4,9-12,14-15H2,1-2H3,(H2,30,31,36,37). The molecular weight excluding hydrogens is 507 g/mol. The van der Waals surface area contributed by atoms with E-state index in [0.29, 0.717) is 16.7 Å². The van der Waals surface area contributed by atoms with Crippen LogP contribution >= 0.6 is 0 Å². The number of aromatic nitrogens is 1. The van der Waals surface area contributed by atoms with Crippen LogP contribution < -0.4 is 20.3 Å². The minimum absolute atomic E-state index is 0.0108. The molecule has 3 aliphatic heterocycles. The van der Waals surface area contributed by atoms with E-state index in [9.17, 15) is 14.4 Å². The first-order chi connectivity index (χ1) is 18.8. The van der Waals surface area contributed by atoms with Crippen LogP contribution in [-0.4, -0.2) is 78.5 Å². The molecule has 2 aromatic heterocycles. The van der Waals surface area contributed by atoms with E-state index in [2.05, 4.69) is 27.4 Å². The molecule has 2 saturated heterocycles. The first-order valence-electron chi connectivity index (χ1n) is 13.1. The number of likely N-dealkylation sites (N-methyl/N-ethyl adjacent to an activating group) is 1. The summed E-state index contributed by atoms with van der Waals surface area (Å²) in [4.78, 5) is 49.5. The van der Waals surface area contributed by atoms with Crippen molar-refractivity contribution in [3.63, 3.8) is 0 Å². The topological polar surface area (TPSA) is 120 Å². The maximum atomic E-state index is 15.1. The van der Waals surface area contributed by atoms with Gasteiger partial charge in [-0.25, -0.2) is 14.2 Å². The van der Waals surface area contributed by atoms with Gasteiger partial charge in [-0.15, -0.1) is 0 Å². The fourth-order valence-electron chi connectivity index (χ4n) is 5.52. The monoisotopic (exact) mass is 536 g/mol. The van der Waals surface area contributed by atoms with E-state index in [1.165, 1.54) is 11.0 Å². The predicted molar refractivity (Wildman–Crippen MR) is 139 cm³/mol. The largest absolute Gasteiger partial charge is 0.491 e. The maximum absolute atomic E-state index is 15.1. The number of furan rings is 1. The normalized spacial score (nSPS) is 21.5. The number of hydrogen-bond acceptors (Lipinski definition) is 8. The molecule has 4 amide bonds. The minimum Gasteiger partial charge on any atom is -0.491 e. The molecule has 0 saturated carbocycles. The van der Waals surface area contributed by atoms with Gasteiger partial charge in [-0.3, -0.25) is 14.9 Å². The van der Waals surface area contributed by atoms with Gasteiger partial charge in [-0.05, 0) is 37.2 Å². The third kappa shape index (κ3) is 4.15. The van der Waals surface area contributed by atoms with Crippen molar-refractivity contribution in [1.29, 1.82) is 0 Å². The van der Waals surface area contributed by atoms with E-state index in [4.69, 9.17) is 14.1 Å². The summed E-state index contributed by atoms with van der Waals surface area (Å²) in [6.45, 7) is 8.51. The molecule has 2 N–H and O–H groups in total. The maximum Gasteiger partial charge on any atom is 0.322 e. The highest BCUT2D eigenvalue weighted by molar-refractivity contribution is 6.08. The molecule has 5 heterocycles. The lowest BCUT2D eigenvalue weighted by molar-refractivity contribution is -0.125. The number of carbonyl (C=O) groups excluding carboxylic acids is 3. The third-order valence-corrected chi connectivity index (χ3v) is 7.65. The smallest absolute Gasteiger partial charge is 0.322 e. The molecule has 1 unspecified atom stereocenters. The third-order valence-electron chi connectivity index (χ3n) is 7.65. The number of nitrogens with one attached hydrogen (secondary N) is 2. The van der Waals surface area contributed by atoms with Gasteiger partial charge in [0.15, 0.2) is 22.7 Å². The number of anilines is 1. The molecule has 0 aliphatic carbocycles. The molecular formula is C27H29FN6O5. The Hall–Kier alpha value is -4.19. The van der Waals surface area contributed by atoms with Crippen molar-refractivity contribution in [3.05, 3.63) is 53.0 Å². The van der Waals surface area contributed by atoms with Crippen LogP contribution in [0.15, 0.2) is 34.7 Å². The summed E-state index contributed by atoms with van der Waals surface area (Å²) in [6, 6.07) is 7.69. The molecule has 0 bridgehead atoms. The van der Waals surface area contributed by atoms with Crippen LogP contribution in [0.25, 0.3) is 11.1 Å². The van der Waals surface area contributed by atoms with E-state index in [1.54, 1.807) is 25.1 Å². The number of pyridine rings is 1. The lowest BCUT2D eigenvalue weighted by Crippen LogP contribution is -2.52. The SMILES string of the molecule is CCOc1ccc2c(c1F)C(=O)N(CC1(c3cc4nc(N5CCN(CC)CC5)ccc4o3)NC(=O)NC1=O)C2. The fourth-order valence-corrected chi connectivity index (χ4v) is 5.52. The van der Waals surface area contributed by atoms with E-state index >= 15 is 4.39 Å². The van der Waals surface area contributed by atoms with Crippen molar-refractivity contribution in [1.82, 2.24) is 25.4 Å². The number of benzene rings is 1. The zero-order valence-electron chi connectivity index (χ0n) is 21.8. The summed E-state index contributed by atoms with van der Waals surface area (Å²) in [6.07, 6.45) is 0. The van der Waals surface area contributed by atoms with Crippen molar-refractivity contribution >= 4 is 34.8 Å². The lowest BCUT2D eigenvalue weighted by Gasteiger charge is -2.34. The summed E-state index contributed by atoms with van der Waals surface area (Å²) in [5, 5.41) is 4.91. The van der Waals surface area contributed by atoms with Gasteiger partial charge in [0.1, 0.15) is 17.1 Å². The van der Waals surface area contributed by atoms with Gasteiger partial charge in [0.05, 0.1) is 18.7 Å². The van der Waals surface area contributed by atoms with Gasteiger partial charge >= 0.3 is 6.03 Å². The zero-order valence-corrected chi connectivity index (χ0v) is 21.8. The highest BCUT2D eigenvalue weighted by atomic mass is 19.1. The number of halogens is 1. The van der Waals surface area contributed by atoms with Gasteiger partial charge in [0.25, 0.3) is 11.8 Å². The number of nitrogens with zero attached hydrogens (tertiary/aromatic N) is 4. The van der Waals surface area contributed by atoms with Gasteiger partial charge < -0.3 is 29.2 Å². The highest BCUT2D eigenvalue weighted by Crippen LogP contribution is 2.36. The summed E-state index contributed by atoms with van der Waals surface area (Å²) in [5.41, 5.74) is -0.364. The van der Waals surface area contributed by atoms with Crippen LogP contribution in [0, 0.1) is 5.82 Å². The molecule has 1 atom stereocenters. The Morgan fingerprint density at radius 2 is 1.90 bits per heavy atom. The second-order valence-corrected chi connectivity index (χ2v) is 9.90. The first kappa shape index (κ1) is 25.1. The Balaban J connectivity index is 1.31. The van der Waals surface area contributed by atoms with Crippen LogP contribution in [-0.2, 0) is 16.9 Å². The summed E-state index contributed by atoms with van der Waals surface area (Å²) < 4.78 is 26.4. The number of ether oxygens (including phenoxy) is 1. The zero-order chi connectivity index (χ0) is 27.3. The molecule has 204 valence electrons. The average Bonchev–Trinajstić information content (AvgIpc) is 3.59. The van der Waals surface area contributed by atoms with Crippen molar-refractivity contribution in [2.75, 3.05) is 50.8 Å². The Bertz CT molecular complexity index is 1480. The van der Waals surface area contributed by atoms with Crippen LogP contribution in [0.4, 0.5) is 15.0 Å². The first-order valence-corrected chi connectivity index (χ1v) is 13.1. The second kappa shape index (κ2) is 9.53. The number of carbonyl (C=O) groups is 3. The van der Waals surface area contributed by atoms with Crippen LogP contribution in [0.5, 0.6) is 5.75 Å². The number of urea groups is 1. The molecule has 39 heavy (non-hydrogen) atoms. The Morgan fingerprint density at radius 3 is 2.59 bits per heavy atom. The average molecular weight is 537 g/mol. The molecule has 0 radical (unpaired) electrons. The molecule has 3 aliphatic rings. The minimum atomic E-state index is -1.71. The molecule has 6 rings (SSSR count). The van der Waals surface area contributed by atoms with Crippen LogP contribution in [0.1, 0.15) is 35.5 Å². The summed E-state index contributed by atoms with van der Waals surface area (Å²) in [5.74, 6) is -1.08. The quantitative estimate of drug-likeness (QED) is 0.441. The number of hydrogen-bond donors (Lipinski definition) is 2. The number of rotatable bonds is 7. The van der Waals surface area contributed by atoms with Crippen molar-refractivity contribution in [2.45, 2.75) is 25.9 Å². The summed E-state index contributed by atoms with van der Waals surface area (Å²) in [7, 11) is 0. The molecule has 1 aromatic carbocycles. The van der Waals surface area contributed by atoms with Gasteiger partial charge in [0.2, 0.25) is 0 Å². The fraction of sp³-hybridized carbons (Fsp3) is 0.407. The van der Waals surface area contributed by atoms with Crippen LogP contribution in [0.3, 0.4) is 0 Å². The Kier molecular flexibility index (Phi) is 6.13. The second-order valence-electron chi connectivity index (χ2n) is 9.90. The number of amides is 4. The number of imide groups is 1. The highest BCUT2D eigenvalue weighted by Gasteiger charge is 2.53. The molecule has 0 spiro atoms. The van der Waals surface area contributed by atoms with Gasteiger partial charge in [0, 0.05) is 38.8 Å². The Labute approximate surface area is 223 Å². The summed E-state index contributed by atoms with van der Waals surface area (Å²) >= 11 is 0. The van der Waals surface area contributed by atoms with Crippen LogP contribution in [0.2, 0.25) is 0 Å². The number of piperazine rings is 1. The van der Waals surface area contributed by atoms with Crippen molar-refractivity contribution in [2.24, 2.45) is 0 Å². The molecule has 2 fully saturated rings. The van der Waals surface area contributed by atoms with Gasteiger partial charge in [-0.1, -0.05) is 13.0 Å². The molecule has 12 heteroatoms. The Morgan fingerprint density at radius 1 is 1.10 bits per heavy atom. The van der Waals surface area contributed by atoms with Gasteiger partial charge in [-0.2, -0.15) is 0 Å². The van der Waals surface area contributed by atoms with Crippen molar-refractivity contribution < 1.29 is 27.9 Å². The van der Waals surface area contributed by atoms with E-state index in [-0.39, 0.29) is 36.8 Å². The van der Waals surface area contributed by atoms with E-state index in [0.717, 1.165) is 38.5 Å². The van der Waals surface area contributed by atoms with E-state index < -0.39 is 29.2 Å². The van der Waals surface area contributed by atoms with E-state index in [1.807, 2.05) is 6.07 Å².